The second-order valence-electron chi connectivity index (χ2n) is 3.20. The summed E-state index contributed by atoms with van der Waals surface area (Å²) in [5.74, 6) is 0. The molecule has 0 amide bonds. The number of allylic oxidation sites excluding steroid dienone is 3. The average Bonchev–Trinajstić information content (AvgIpc) is 2.11. The van der Waals surface area contributed by atoms with Crippen LogP contribution in [0.3, 0.4) is 0 Å². The van der Waals surface area contributed by atoms with Gasteiger partial charge in [0.05, 0.1) is 0 Å². The third-order valence-corrected chi connectivity index (χ3v) is 1.40. The zero-order valence-corrected chi connectivity index (χ0v) is 11.6. The molecule has 0 saturated carbocycles. The molecular formula is C13H31N. The van der Waals surface area contributed by atoms with Crippen LogP contribution in [0.15, 0.2) is 24.3 Å². The predicted molar refractivity (Wildman–Crippen MR) is 71.1 cm³/mol. The molecule has 0 atom stereocenters. The monoisotopic (exact) mass is 201 g/mol. The summed E-state index contributed by atoms with van der Waals surface area (Å²) < 4.78 is 0. The molecule has 0 fully saturated rings. The van der Waals surface area contributed by atoms with E-state index in [0.717, 1.165) is 0 Å². The molecule has 0 unspecified atom stereocenters. The molecular weight excluding hydrogens is 170 g/mol. The lowest BCUT2D eigenvalue weighted by Gasteiger charge is -2.19. The molecule has 0 spiro atoms. The molecule has 0 aromatic carbocycles. The standard InChI is InChI=1S/C9H16.2C2H6.H3N/c1-6-8(7-2)9(3,4)5;2*1-2;/h6-7H,1H2,2-5H3;2*1-2H3;1H3/b8-7+;;;. The Labute approximate surface area is 91.9 Å². The molecule has 88 valence electrons. The van der Waals surface area contributed by atoms with Crippen LogP contribution in [-0.4, -0.2) is 0 Å². The molecule has 1 heteroatoms. The van der Waals surface area contributed by atoms with Crippen molar-refractivity contribution >= 4 is 0 Å². The third-order valence-electron chi connectivity index (χ3n) is 1.40. The first-order valence-corrected chi connectivity index (χ1v) is 5.31. The van der Waals surface area contributed by atoms with E-state index in [1.165, 1.54) is 5.57 Å². The lowest BCUT2D eigenvalue weighted by atomic mass is 9.86. The maximum absolute atomic E-state index is 3.73. The molecule has 0 radical (unpaired) electrons. The van der Waals surface area contributed by atoms with Crippen molar-refractivity contribution < 1.29 is 0 Å². The van der Waals surface area contributed by atoms with Gasteiger partial charge in [-0.2, -0.15) is 0 Å². The van der Waals surface area contributed by atoms with E-state index in [0.29, 0.717) is 0 Å². The highest BCUT2D eigenvalue weighted by Crippen LogP contribution is 2.24. The van der Waals surface area contributed by atoms with Gasteiger partial charge in [0.1, 0.15) is 0 Å². The summed E-state index contributed by atoms with van der Waals surface area (Å²) in [6.45, 7) is 20.3. The molecule has 0 bridgehead atoms. The maximum atomic E-state index is 3.73. The van der Waals surface area contributed by atoms with Gasteiger partial charge >= 0.3 is 0 Å². The summed E-state index contributed by atoms with van der Waals surface area (Å²) in [6, 6.07) is 0. The highest BCUT2D eigenvalue weighted by Gasteiger charge is 2.11. The van der Waals surface area contributed by atoms with E-state index in [1.54, 1.807) is 0 Å². The van der Waals surface area contributed by atoms with Gasteiger partial charge in [-0.15, -0.1) is 0 Å². The Morgan fingerprint density at radius 3 is 1.29 bits per heavy atom. The van der Waals surface area contributed by atoms with Gasteiger partial charge in [-0.3, -0.25) is 0 Å². The Kier molecular flexibility index (Phi) is 24.9. The molecule has 0 aromatic heterocycles. The lowest BCUT2D eigenvalue weighted by molar-refractivity contribution is 0.516. The van der Waals surface area contributed by atoms with E-state index in [4.69, 9.17) is 0 Å². The molecule has 0 aliphatic rings. The molecule has 1 nitrogen and oxygen atoms in total. The van der Waals surface area contributed by atoms with Crippen molar-refractivity contribution in [2.24, 2.45) is 5.41 Å². The number of hydrogen-bond acceptors (Lipinski definition) is 1. The lowest BCUT2D eigenvalue weighted by Crippen LogP contribution is -2.06. The predicted octanol–water partition coefficient (Wildman–Crippen LogP) is 5.38. The van der Waals surface area contributed by atoms with Gasteiger partial charge in [0.2, 0.25) is 0 Å². The fraction of sp³-hybridized carbons (Fsp3) is 0.692. The molecule has 14 heavy (non-hydrogen) atoms. The fourth-order valence-electron chi connectivity index (χ4n) is 0.857. The summed E-state index contributed by atoms with van der Waals surface area (Å²) in [7, 11) is 0. The minimum atomic E-state index is 0. The highest BCUT2D eigenvalue weighted by molar-refractivity contribution is 5.21. The van der Waals surface area contributed by atoms with E-state index < -0.39 is 0 Å². The smallest absolute Gasteiger partial charge is 0.0135 e. The van der Waals surface area contributed by atoms with Crippen LogP contribution in [0, 0.1) is 5.41 Å². The van der Waals surface area contributed by atoms with E-state index in [9.17, 15) is 0 Å². The second-order valence-corrected chi connectivity index (χ2v) is 3.20. The Balaban J connectivity index is -0.0000000883. The maximum Gasteiger partial charge on any atom is -0.0135 e. The quantitative estimate of drug-likeness (QED) is 0.568. The van der Waals surface area contributed by atoms with Crippen molar-refractivity contribution in [3.05, 3.63) is 24.3 Å². The van der Waals surface area contributed by atoms with Crippen LogP contribution in [0.1, 0.15) is 55.4 Å². The van der Waals surface area contributed by atoms with Gasteiger partial charge in [-0.1, -0.05) is 67.2 Å². The van der Waals surface area contributed by atoms with E-state index in [1.807, 2.05) is 40.7 Å². The Morgan fingerprint density at radius 1 is 1.00 bits per heavy atom. The average molecular weight is 201 g/mol. The largest absolute Gasteiger partial charge is 0.344 e. The Morgan fingerprint density at radius 2 is 1.29 bits per heavy atom. The first kappa shape index (κ1) is 23.3. The van der Waals surface area contributed by atoms with E-state index in [-0.39, 0.29) is 11.6 Å². The molecule has 0 heterocycles. The SMILES string of the molecule is C=C/C(=C\C)C(C)(C)C.CC.CC.N. The molecule has 0 rings (SSSR count). The minimum absolute atomic E-state index is 0. The van der Waals surface area contributed by atoms with Gasteiger partial charge in [0.25, 0.3) is 0 Å². The molecule has 3 N–H and O–H groups in total. The van der Waals surface area contributed by atoms with Crippen molar-refractivity contribution in [3.63, 3.8) is 0 Å². The first-order valence-electron chi connectivity index (χ1n) is 5.31. The Bertz CT molecular complexity index is 127. The van der Waals surface area contributed by atoms with E-state index in [2.05, 4.69) is 33.4 Å². The summed E-state index contributed by atoms with van der Waals surface area (Å²) >= 11 is 0. The van der Waals surface area contributed by atoms with Crippen LogP contribution in [0.25, 0.3) is 0 Å². The van der Waals surface area contributed by atoms with Crippen molar-refractivity contribution in [2.75, 3.05) is 0 Å². The van der Waals surface area contributed by atoms with Crippen LogP contribution in [-0.2, 0) is 0 Å². The van der Waals surface area contributed by atoms with Crippen molar-refractivity contribution in [1.29, 1.82) is 0 Å². The van der Waals surface area contributed by atoms with Crippen LogP contribution in [0.4, 0.5) is 0 Å². The topological polar surface area (TPSA) is 35.0 Å². The van der Waals surface area contributed by atoms with Gasteiger partial charge in [-0.25, -0.2) is 0 Å². The van der Waals surface area contributed by atoms with Gasteiger partial charge in [0.15, 0.2) is 0 Å². The first-order chi connectivity index (χ1) is 6.02. The summed E-state index contributed by atoms with van der Waals surface area (Å²) in [6.07, 6.45) is 4.02. The van der Waals surface area contributed by atoms with Crippen molar-refractivity contribution in [2.45, 2.75) is 55.4 Å². The van der Waals surface area contributed by atoms with Gasteiger partial charge < -0.3 is 6.15 Å². The normalized spacial score (nSPS) is 9.57. The number of hydrogen-bond donors (Lipinski definition) is 1. The van der Waals surface area contributed by atoms with Crippen LogP contribution < -0.4 is 6.15 Å². The zero-order chi connectivity index (χ0) is 11.5. The van der Waals surface area contributed by atoms with Crippen molar-refractivity contribution in [1.82, 2.24) is 6.15 Å². The summed E-state index contributed by atoms with van der Waals surface area (Å²) in [4.78, 5) is 0. The molecule has 0 saturated heterocycles. The zero-order valence-electron chi connectivity index (χ0n) is 11.6. The van der Waals surface area contributed by atoms with Gasteiger partial charge in [-0.05, 0) is 17.9 Å². The molecule has 0 aliphatic heterocycles. The molecule has 0 aromatic rings. The van der Waals surface area contributed by atoms with Crippen LogP contribution in [0.2, 0.25) is 0 Å². The second kappa shape index (κ2) is 14.9. The van der Waals surface area contributed by atoms with E-state index >= 15 is 0 Å². The fourth-order valence-corrected chi connectivity index (χ4v) is 0.857. The molecule has 0 aliphatic carbocycles. The van der Waals surface area contributed by atoms with Gasteiger partial charge in [0, 0.05) is 0 Å². The Hall–Kier alpha value is -0.560. The van der Waals surface area contributed by atoms with Crippen LogP contribution in [0.5, 0.6) is 0 Å². The van der Waals surface area contributed by atoms with Crippen LogP contribution >= 0.6 is 0 Å². The van der Waals surface area contributed by atoms with Crippen molar-refractivity contribution in [3.8, 4) is 0 Å². The third kappa shape index (κ3) is 14.0. The minimum Gasteiger partial charge on any atom is -0.344 e. The summed E-state index contributed by atoms with van der Waals surface area (Å²) in [5, 5.41) is 0. The summed E-state index contributed by atoms with van der Waals surface area (Å²) in [5.41, 5.74) is 1.57. The number of rotatable bonds is 1. The highest BCUT2D eigenvalue weighted by atomic mass is 14.2.